The molecule has 0 aliphatic rings. The van der Waals surface area contributed by atoms with Crippen LogP contribution in [0.2, 0.25) is 0 Å². The summed E-state index contributed by atoms with van der Waals surface area (Å²) in [6, 6.07) is 0. The van der Waals surface area contributed by atoms with Crippen LogP contribution in [0.4, 0.5) is 9.93 Å². The Labute approximate surface area is 108 Å². The van der Waals surface area contributed by atoms with Crippen molar-refractivity contribution in [2.45, 2.75) is 39.8 Å². The average Bonchev–Trinajstić information content (AvgIpc) is 2.41. The van der Waals surface area contributed by atoms with Crippen molar-refractivity contribution in [3.63, 3.8) is 0 Å². The molecule has 0 radical (unpaired) electrons. The minimum atomic E-state index is -0.621. The van der Waals surface area contributed by atoms with Gasteiger partial charge in [-0.2, -0.15) is 0 Å². The standard InChI is InChI=1S/C10H15N3O4S/c1-6-7(5-13(15)16)18-8(11-6)12-9(14)17-10(2,3)4/h5H2,1-4H3,(H,11,12,14). The second-order valence-corrected chi connectivity index (χ2v) is 5.73. The van der Waals surface area contributed by atoms with Gasteiger partial charge in [0.05, 0.1) is 10.6 Å². The molecule has 8 heteroatoms. The average molecular weight is 273 g/mol. The highest BCUT2D eigenvalue weighted by atomic mass is 32.1. The van der Waals surface area contributed by atoms with Crippen LogP contribution in [0, 0.1) is 17.0 Å². The number of nitro groups is 1. The first kappa shape index (κ1) is 14.4. The summed E-state index contributed by atoms with van der Waals surface area (Å²) in [5.41, 5.74) is -0.0529. The Hall–Kier alpha value is -1.70. The number of carbonyl (C=O) groups excluding carboxylic acids is 1. The van der Waals surface area contributed by atoms with E-state index >= 15 is 0 Å². The lowest BCUT2D eigenvalue weighted by Crippen LogP contribution is -2.27. The third-order valence-electron chi connectivity index (χ3n) is 1.77. The molecule has 1 amide bonds. The Morgan fingerprint density at radius 1 is 1.56 bits per heavy atom. The van der Waals surface area contributed by atoms with Gasteiger partial charge in [0.25, 0.3) is 0 Å². The van der Waals surface area contributed by atoms with E-state index in [0.29, 0.717) is 15.7 Å². The van der Waals surface area contributed by atoms with Gasteiger partial charge in [0.15, 0.2) is 5.13 Å². The zero-order valence-corrected chi connectivity index (χ0v) is 11.5. The molecule has 1 aromatic rings. The van der Waals surface area contributed by atoms with E-state index in [9.17, 15) is 14.9 Å². The second kappa shape index (κ2) is 5.30. The van der Waals surface area contributed by atoms with E-state index in [4.69, 9.17) is 4.74 Å². The van der Waals surface area contributed by atoms with E-state index < -0.39 is 16.6 Å². The lowest BCUT2D eigenvalue weighted by Gasteiger charge is -2.18. The van der Waals surface area contributed by atoms with Gasteiger partial charge in [0.2, 0.25) is 6.54 Å². The molecule has 18 heavy (non-hydrogen) atoms. The number of rotatable bonds is 3. The first-order chi connectivity index (χ1) is 8.17. The number of nitrogens with zero attached hydrogens (tertiary/aromatic N) is 2. The maximum Gasteiger partial charge on any atom is 0.413 e. The summed E-state index contributed by atoms with van der Waals surface area (Å²) >= 11 is 1.08. The zero-order valence-electron chi connectivity index (χ0n) is 10.6. The van der Waals surface area contributed by atoms with Gasteiger partial charge < -0.3 is 4.74 Å². The fraction of sp³-hybridized carbons (Fsp3) is 0.600. The monoisotopic (exact) mass is 273 g/mol. The van der Waals surface area contributed by atoms with Gasteiger partial charge in [-0.1, -0.05) is 11.3 Å². The van der Waals surface area contributed by atoms with Crippen molar-refractivity contribution in [1.82, 2.24) is 4.98 Å². The summed E-state index contributed by atoms with van der Waals surface area (Å²) in [6.45, 7) is 6.61. The summed E-state index contributed by atoms with van der Waals surface area (Å²) in [6.07, 6.45) is -0.621. The summed E-state index contributed by atoms with van der Waals surface area (Å²) < 4.78 is 5.05. The van der Waals surface area contributed by atoms with Crippen LogP contribution >= 0.6 is 11.3 Å². The molecule has 0 aromatic carbocycles. The number of carbonyl (C=O) groups is 1. The summed E-state index contributed by atoms with van der Waals surface area (Å²) in [4.78, 5) is 26.0. The Morgan fingerprint density at radius 2 is 2.17 bits per heavy atom. The molecule has 0 saturated carbocycles. The van der Waals surface area contributed by atoms with Crippen molar-refractivity contribution < 1.29 is 14.5 Å². The van der Waals surface area contributed by atoms with Crippen molar-refractivity contribution in [2.24, 2.45) is 0 Å². The third-order valence-corrected chi connectivity index (χ3v) is 2.83. The molecule has 7 nitrogen and oxygen atoms in total. The van der Waals surface area contributed by atoms with E-state index in [1.165, 1.54) is 0 Å². The highest BCUT2D eigenvalue weighted by Gasteiger charge is 2.19. The smallest absolute Gasteiger partial charge is 0.413 e. The van der Waals surface area contributed by atoms with E-state index in [1.54, 1.807) is 27.7 Å². The van der Waals surface area contributed by atoms with Crippen molar-refractivity contribution in [3.05, 3.63) is 20.7 Å². The van der Waals surface area contributed by atoms with Crippen LogP contribution in [0.1, 0.15) is 31.3 Å². The molecule has 0 aliphatic heterocycles. The van der Waals surface area contributed by atoms with Crippen LogP contribution in [0.15, 0.2) is 0 Å². The summed E-state index contributed by atoms with van der Waals surface area (Å²) in [5.74, 6) is 0. The molecule has 0 unspecified atom stereocenters. The maximum atomic E-state index is 11.5. The van der Waals surface area contributed by atoms with Crippen molar-refractivity contribution in [2.75, 3.05) is 5.32 Å². The van der Waals surface area contributed by atoms with Gasteiger partial charge in [0.1, 0.15) is 5.60 Å². The molecule has 0 saturated heterocycles. The second-order valence-electron chi connectivity index (χ2n) is 4.65. The molecule has 1 heterocycles. The fourth-order valence-electron chi connectivity index (χ4n) is 1.14. The topological polar surface area (TPSA) is 94.4 Å². The van der Waals surface area contributed by atoms with Gasteiger partial charge in [-0.25, -0.2) is 9.78 Å². The molecule has 0 fully saturated rings. The number of amides is 1. The normalized spacial score (nSPS) is 11.1. The van der Waals surface area contributed by atoms with Crippen LogP contribution in [0.5, 0.6) is 0 Å². The molecule has 1 rings (SSSR count). The van der Waals surface area contributed by atoms with Crippen LogP contribution in [0.3, 0.4) is 0 Å². The third kappa shape index (κ3) is 4.66. The number of aryl methyl sites for hydroxylation is 1. The van der Waals surface area contributed by atoms with E-state index in [0.717, 1.165) is 11.3 Å². The van der Waals surface area contributed by atoms with Gasteiger partial charge in [-0.05, 0) is 27.7 Å². The molecule has 1 aromatic heterocycles. The number of nitrogens with one attached hydrogen (secondary N) is 1. The Kier molecular flexibility index (Phi) is 4.23. The number of thiazole rings is 1. The summed E-state index contributed by atoms with van der Waals surface area (Å²) in [7, 11) is 0. The number of anilines is 1. The van der Waals surface area contributed by atoms with E-state index in [1.807, 2.05) is 0 Å². The number of hydrogen-bond donors (Lipinski definition) is 1. The molecular formula is C10H15N3O4S. The highest BCUT2D eigenvalue weighted by Crippen LogP contribution is 2.23. The van der Waals surface area contributed by atoms with Crippen molar-refractivity contribution in [1.29, 1.82) is 0 Å². The minimum absolute atomic E-state index is 0.292. The van der Waals surface area contributed by atoms with Crippen molar-refractivity contribution >= 4 is 22.6 Å². The first-order valence-corrected chi connectivity index (χ1v) is 6.07. The molecule has 0 aliphatic carbocycles. The predicted octanol–water partition coefficient (Wildman–Crippen LogP) is 2.58. The highest BCUT2D eigenvalue weighted by molar-refractivity contribution is 7.15. The van der Waals surface area contributed by atoms with E-state index in [-0.39, 0.29) is 6.54 Å². The maximum absolute atomic E-state index is 11.5. The zero-order chi connectivity index (χ0) is 13.9. The Morgan fingerprint density at radius 3 is 2.67 bits per heavy atom. The lowest BCUT2D eigenvalue weighted by molar-refractivity contribution is -0.496. The quantitative estimate of drug-likeness (QED) is 0.674. The van der Waals surface area contributed by atoms with Crippen molar-refractivity contribution in [3.8, 4) is 0 Å². The minimum Gasteiger partial charge on any atom is -0.444 e. The molecule has 0 bridgehead atoms. The molecule has 0 atom stereocenters. The van der Waals surface area contributed by atoms with Crippen LogP contribution in [0.25, 0.3) is 0 Å². The Balaban J connectivity index is 2.69. The molecule has 100 valence electrons. The largest absolute Gasteiger partial charge is 0.444 e. The van der Waals surface area contributed by atoms with Crippen LogP contribution < -0.4 is 5.32 Å². The van der Waals surface area contributed by atoms with Gasteiger partial charge >= 0.3 is 6.09 Å². The molecule has 0 spiro atoms. The SMILES string of the molecule is Cc1nc(NC(=O)OC(C)(C)C)sc1C[N+](=O)[O-]. The van der Waals surface area contributed by atoms with Crippen LogP contribution in [-0.2, 0) is 11.3 Å². The fourth-order valence-corrected chi connectivity index (χ4v) is 2.05. The van der Waals surface area contributed by atoms with Crippen LogP contribution in [-0.4, -0.2) is 21.6 Å². The number of ether oxygens (including phenoxy) is 1. The number of hydrogen-bond acceptors (Lipinski definition) is 6. The summed E-state index contributed by atoms with van der Waals surface area (Å²) in [5, 5.41) is 13.2. The van der Waals surface area contributed by atoms with Gasteiger partial charge in [-0.3, -0.25) is 15.4 Å². The van der Waals surface area contributed by atoms with Gasteiger partial charge in [0, 0.05) is 4.92 Å². The first-order valence-electron chi connectivity index (χ1n) is 5.25. The molecule has 1 N–H and O–H groups in total. The van der Waals surface area contributed by atoms with Gasteiger partial charge in [-0.15, -0.1) is 0 Å². The predicted molar refractivity (Wildman–Crippen MR) is 67.4 cm³/mol. The molecular weight excluding hydrogens is 258 g/mol. The van der Waals surface area contributed by atoms with E-state index in [2.05, 4.69) is 10.3 Å². The lowest BCUT2D eigenvalue weighted by atomic mass is 10.2. The Bertz CT molecular complexity index is 464. The number of aromatic nitrogens is 1.